The van der Waals surface area contributed by atoms with Crippen molar-refractivity contribution in [1.29, 1.82) is 0 Å². The van der Waals surface area contributed by atoms with Crippen LogP contribution in [0.1, 0.15) is 42.6 Å². The second kappa shape index (κ2) is 8.71. The lowest BCUT2D eigenvalue weighted by atomic mass is 9.92. The van der Waals surface area contributed by atoms with Gasteiger partial charge in [-0.25, -0.2) is 8.42 Å². The summed E-state index contributed by atoms with van der Waals surface area (Å²) in [5.74, 6) is -0.773. The smallest absolute Gasteiger partial charge is 0.321 e. The van der Waals surface area contributed by atoms with Crippen LogP contribution in [0.2, 0.25) is 0 Å². The minimum atomic E-state index is -3.85. The number of rotatable bonds is 7. The SMILES string of the molecule is C[C@@H](OC(=O)CNS(=O)(=O)c1ccc2c(c1)CCCC2)c1cccc([N+](=O)[O-])c1. The fourth-order valence-corrected chi connectivity index (χ4v) is 4.33. The molecule has 1 aliphatic rings. The number of hydrogen-bond acceptors (Lipinski definition) is 6. The first-order valence-corrected chi connectivity index (χ1v) is 10.8. The van der Waals surface area contributed by atoms with Gasteiger partial charge in [-0.15, -0.1) is 0 Å². The molecular weight excluding hydrogens is 396 g/mol. The minimum Gasteiger partial charge on any atom is -0.457 e. The first-order valence-electron chi connectivity index (χ1n) is 9.31. The van der Waals surface area contributed by atoms with Gasteiger partial charge in [0, 0.05) is 12.1 Å². The number of nitro groups is 1. The third-order valence-corrected chi connectivity index (χ3v) is 6.29. The van der Waals surface area contributed by atoms with Gasteiger partial charge in [-0.1, -0.05) is 18.2 Å². The van der Waals surface area contributed by atoms with Crippen molar-refractivity contribution in [3.8, 4) is 0 Å². The molecule has 0 heterocycles. The highest BCUT2D eigenvalue weighted by Gasteiger charge is 2.20. The fourth-order valence-electron chi connectivity index (χ4n) is 3.31. The van der Waals surface area contributed by atoms with Crippen LogP contribution in [0.3, 0.4) is 0 Å². The molecule has 154 valence electrons. The van der Waals surface area contributed by atoms with E-state index in [4.69, 9.17) is 4.74 Å². The van der Waals surface area contributed by atoms with E-state index in [0.29, 0.717) is 5.56 Å². The molecule has 0 radical (unpaired) electrons. The molecule has 29 heavy (non-hydrogen) atoms. The summed E-state index contributed by atoms with van der Waals surface area (Å²) in [7, 11) is -3.85. The number of ether oxygens (including phenoxy) is 1. The molecule has 0 saturated carbocycles. The van der Waals surface area contributed by atoms with E-state index in [9.17, 15) is 23.3 Å². The van der Waals surface area contributed by atoms with Gasteiger partial charge in [0.1, 0.15) is 12.6 Å². The maximum atomic E-state index is 12.5. The molecule has 0 fully saturated rings. The van der Waals surface area contributed by atoms with Crippen LogP contribution in [0.25, 0.3) is 0 Å². The third-order valence-electron chi connectivity index (χ3n) is 4.90. The van der Waals surface area contributed by atoms with Crippen molar-refractivity contribution in [2.24, 2.45) is 0 Å². The summed E-state index contributed by atoms with van der Waals surface area (Å²) in [6.45, 7) is 1.04. The van der Waals surface area contributed by atoms with E-state index in [2.05, 4.69) is 4.72 Å². The van der Waals surface area contributed by atoms with Crippen molar-refractivity contribution in [2.75, 3.05) is 6.54 Å². The highest BCUT2D eigenvalue weighted by molar-refractivity contribution is 7.89. The van der Waals surface area contributed by atoms with Gasteiger partial charge in [0.05, 0.1) is 9.82 Å². The van der Waals surface area contributed by atoms with Gasteiger partial charge >= 0.3 is 5.97 Å². The number of carbonyl (C=O) groups is 1. The number of aryl methyl sites for hydroxylation is 2. The van der Waals surface area contributed by atoms with Crippen LogP contribution in [0, 0.1) is 10.1 Å². The molecule has 1 N–H and O–H groups in total. The molecule has 9 heteroatoms. The maximum absolute atomic E-state index is 12.5. The zero-order valence-corrected chi connectivity index (χ0v) is 16.8. The van der Waals surface area contributed by atoms with Gasteiger partial charge in [-0.3, -0.25) is 14.9 Å². The lowest BCUT2D eigenvalue weighted by Gasteiger charge is -2.17. The number of esters is 1. The van der Waals surface area contributed by atoms with Crippen molar-refractivity contribution in [1.82, 2.24) is 4.72 Å². The summed E-state index contributed by atoms with van der Waals surface area (Å²) in [6.07, 6.45) is 3.18. The Balaban J connectivity index is 1.61. The molecular formula is C20H22N2O6S. The zero-order valence-electron chi connectivity index (χ0n) is 16.0. The highest BCUT2D eigenvalue weighted by atomic mass is 32.2. The average molecular weight is 418 g/mol. The van der Waals surface area contributed by atoms with Crippen LogP contribution in [-0.2, 0) is 32.4 Å². The number of sulfonamides is 1. The Morgan fingerprint density at radius 2 is 1.90 bits per heavy atom. The molecule has 0 amide bonds. The lowest BCUT2D eigenvalue weighted by molar-refractivity contribution is -0.385. The molecule has 0 aliphatic heterocycles. The maximum Gasteiger partial charge on any atom is 0.321 e. The Hall–Kier alpha value is -2.78. The number of nitrogens with one attached hydrogen (secondary N) is 1. The predicted molar refractivity (Wildman–Crippen MR) is 106 cm³/mol. The molecule has 8 nitrogen and oxygen atoms in total. The summed E-state index contributed by atoms with van der Waals surface area (Å²) < 4.78 is 32.5. The number of benzene rings is 2. The standard InChI is InChI=1S/C20H22N2O6S/c1-14(16-7-4-8-18(11-16)22(24)25)28-20(23)13-21-29(26,27)19-10-9-15-5-2-3-6-17(15)12-19/h4,7-12,14,21H,2-3,5-6,13H2,1H3/t14-/m1/s1. The zero-order chi connectivity index (χ0) is 21.0. The molecule has 2 aromatic carbocycles. The minimum absolute atomic E-state index is 0.112. The number of hydrogen-bond donors (Lipinski definition) is 1. The van der Waals surface area contributed by atoms with Crippen molar-refractivity contribution in [3.05, 3.63) is 69.3 Å². The van der Waals surface area contributed by atoms with E-state index in [0.717, 1.165) is 31.2 Å². The number of carbonyl (C=O) groups excluding carboxylic acids is 1. The van der Waals surface area contributed by atoms with Crippen molar-refractivity contribution >= 4 is 21.7 Å². The Bertz CT molecular complexity index is 1040. The second-order valence-corrected chi connectivity index (χ2v) is 8.71. The second-order valence-electron chi connectivity index (χ2n) is 6.95. The van der Waals surface area contributed by atoms with E-state index >= 15 is 0 Å². The summed E-state index contributed by atoms with van der Waals surface area (Å²) >= 11 is 0. The monoisotopic (exact) mass is 418 g/mol. The summed E-state index contributed by atoms with van der Waals surface area (Å²) in [5, 5.41) is 10.9. The Kier molecular flexibility index (Phi) is 6.29. The molecule has 0 spiro atoms. The first kappa shape index (κ1) is 20.9. The van der Waals surface area contributed by atoms with Crippen LogP contribution in [0.4, 0.5) is 5.69 Å². The third kappa shape index (κ3) is 5.18. The van der Waals surface area contributed by atoms with Crippen LogP contribution in [-0.4, -0.2) is 25.9 Å². The van der Waals surface area contributed by atoms with Crippen LogP contribution in [0.5, 0.6) is 0 Å². The number of fused-ring (bicyclic) bond motifs is 1. The van der Waals surface area contributed by atoms with E-state index in [-0.39, 0.29) is 10.6 Å². The number of nitrogens with zero attached hydrogens (tertiary/aromatic N) is 1. The summed E-state index contributed by atoms with van der Waals surface area (Å²) in [4.78, 5) is 22.5. The molecule has 0 aromatic heterocycles. The molecule has 1 atom stereocenters. The molecule has 0 unspecified atom stereocenters. The number of non-ortho nitro benzene ring substituents is 1. The Morgan fingerprint density at radius 1 is 1.17 bits per heavy atom. The molecule has 0 saturated heterocycles. The predicted octanol–water partition coefficient (Wildman–Crippen LogP) is 3.06. The van der Waals surface area contributed by atoms with E-state index in [1.165, 1.54) is 23.8 Å². The summed E-state index contributed by atoms with van der Waals surface area (Å²) in [6, 6.07) is 10.8. The molecule has 2 aromatic rings. The van der Waals surface area contributed by atoms with Crippen LogP contribution in [0.15, 0.2) is 47.4 Å². The molecule has 1 aliphatic carbocycles. The normalized spacial score (nSPS) is 14.7. The highest BCUT2D eigenvalue weighted by Crippen LogP contribution is 2.24. The van der Waals surface area contributed by atoms with Gasteiger partial charge in [0.15, 0.2) is 0 Å². The Labute approximate surface area is 169 Å². The fraction of sp³-hybridized carbons (Fsp3) is 0.350. The average Bonchev–Trinajstić information content (AvgIpc) is 2.72. The first-order chi connectivity index (χ1) is 13.8. The largest absolute Gasteiger partial charge is 0.457 e. The van der Waals surface area contributed by atoms with Gasteiger partial charge < -0.3 is 4.74 Å². The quantitative estimate of drug-likeness (QED) is 0.420. The van der Waals surface area contributed by atoms with E-state index in [1.54, 1.807) is 25.1 Å². The van der Waals surface area contributed by atoms with Gasteiger partial charge in [-0.05, 0) is 61.4 Å². The van der Waals surface area contributed by atoms with Gasteiger partial charge in [-0.2, -0.15) is 4.72 Å². The van der Waals surface area contributed by atoms with Crippen molar-refractivity contribution < 1.29 is 22.9 Å². The summed E-state index contributed by atoms with van der Waals surface area (Å²) in [5.41, 5.74) is 2.53. The van der Waals surface area contributed by atoms with E-state index in [1.807, 2.05) is 6.07 Å². The topological polar surface area (TPSA) is 116 Å². The molecule has 0 bridgehead atoms. The van der Waals surface area contributed by atoms with Crippen LogP contribution < -0.4 is 4.72 Å². The number of nitro benzene ring substituents is 1. The van der Waals surface area contributed by atoms with Crippen molar-refractivity contribution in [3.63, 3.8) is 0 Å². The van der Waals surface area contributed by atoms with Crippen molar-refractivity contribution in [2.45, 2.75) is 43.6 Å². The van der Waals surface area contributed by atoms with Gasteiger partial charge in [0.2, 0.25) is 10.0 Å². The van der Waals surface area contributed by atoms with Gasteiger partial charge in [0.25, 0.3) is 5.69 Å². The van der Waals surface area contributed by atoms with E-state index < -0.39 is 33.6 Å². The molecule has 3 rings (SSSR count). The van der Waals surface area contributed by atoms with Crippen LogP contribution >= 0.6 is 0 Å². The lowest BCUT2D eigenvalue weighted by Crippen LogP contribution is -2.31. The Morgan fingerprint density at radius 3 is 2.62 bits per heavy atom.